The van der Waals surface area contributed by atoms with Crippen molar-refractivity contribution in [1.29, 1.82) is 0 Å². The van der Waals surface area contributed by atoms with Crippen LogP contribution in [0.15, 0.2) is 0 Å². The predicted octanol–water partition coefficient (Wildman–Crippen LogP) is 3.91. The average molecular weight is 324 g/mol. The summed E-state index contributed by atoms with van der Waals surface area (Å²) in [4.78, 5) is 14.5. The molecular formula is C19H37N3O. The minimum atomic E-state index is 0.169. The Labute approximate surface area is 142 Å². The fraction of sp³-hybridized carbons (Fsp3) is 0.947. The molecule has 2 rings (SSSR count). The molecule has 2 amide bonds. The van der Waals surface area contributed by atoms with E-state index in [-0.39, 0.29) is 6.03 Å². The normalized spacial score (nSPS) is 21.2. The summed E-state index contributed by atoms with van der Waals surface area (Å²) in [5, 5.41) is 6.89. The number of nitrogens with one attached hydrogen (secondary N) is 2. The fourth-order valence-corrected chi connectivity index (χ4v) is 3.96. The molecule has 1 aliphatic carbocycles. The second-order valence-electron chi connectivity index (χ2n) is 7.49. The first-order valence-electron chi connectivity index (χ1n) is 10.1. The van der Waals surface area contributed by atoms with E-state index in [2.05, 4.69) is 17.6 Å². The molecule has 0 radical (unpaired) electrons. The maximum absolute atomic E-state index is 12.5. The summed E-state index contributed by atoms with van der Waals surface area (Å²) in [5.41, 5.74) is 0. The van der Waals surface area contributed by atoms with Crippen LogP contribution >= 0.6 is 0 Å². The average Bonchev–Trinajstić information content (AvgIpc) is 2.60. The first-order valence-corrected chi connectivity index (χ1v) is 10.1. The quantitative estimate of drug-likeness (QED) is 0.665. The van der Waals surface area contributed by atoms with Gasteiger partial charge in [0.1, 0.15) is 0 Å². The zero-order chi connectivity index (χ0) is 16.3. The first kappa shape index (κ1) is 18.6. The number of urea groups is 1. The smallest absolute Gasteiger partial charge is 0.317 e. The van der Waals surface area contributed by atoms with Crippen LogP contribution in [0.3, 0.4) is 0 Å². The van der Waals surface area contributed by atoms with Crippen molar-refractivity contribution in [2.24, 2.45) is 5.92 Å². The number of piperidine rings is 1. The second-order valence-corrected chi connectivity index (χ2v) is 7.49. The predicted molar refractivity (Wildman–Crippen MR) is 96.7 cm³/mol. The SMILES string of the molecule is CCCCNCC(CC1CCCCC1)NC(=O)N1CCCCC1. The Bertz CT molecular complexity index is 323. The zero-order valence-corrected chi connectivity index (χ0v) is 15.1. The van der Waals surface area contributed by atoms with Gasteiger partial charge < -0.3 is 15.5 Å². The summed E-state index contributed by atoms with van der Waals surface area (Å²) in [6.45, 7) is 6.09. The molecule has 1 atom stereocenters. The molecule has 134 valence electrons. The van der Waals surface area contributed by atoms with Gasteiger partial charge in [-0.25, -0.2) is 4.79 Å². The third-order valence-electron chi connectivity index (χ3n) is 5.41. The van der Waals surface area contributed by atoms with Gasteiger partial charge in [-0.2, -0.15) is 0 Å². The monoisotopic (exact) mass is 323 g/mol. The number of likely N-dealkylation sites (tertiary alicyclic amines) is 1. The third-order valence-corrected chi connectivity index (χ3v) is 5.41. The van der Waals surface area contributed by atoms with E-state index in [0.717, 1.165) is 51.4 Å². The molecule has 1 heterocycles. The molecule has 1 unspecified atom stereocenters. The Morgan fingerprint density at radius 2 is 1.78 bits per heavy atom. The van der Waals surface area contributed by atoms with Crippen LogP contribution in [-0.2, 0) is 0 Å². The van der Waals surface area contributed by atoms with Crippen LogP contribution in [0, 0.1) is 5.92 Å². The van der Waals surface area contributed by atoms with Gasteiger partial charge in [-0.15, -0.1) is 0 Å². The van der Waals surface area contributed by atoms with Crippen molar-refractivity contribution in [2.45, 2.75) is 83.6 Å². The lowest BCUT2D eigenvalue weighted by Gasteiger charge is -2.31. The van der Waals surface area contributed by atoms with Crippen LogP contribution in [0.2, 0.25) is 0 Å². The lowest BCUT2D eigenvalue weighted by Crippen LogP contribution is -2.50. The summed E-state index contributed by atoms with van der Waals surface area (Å²) >= 11 is 0. The molecule has 0 bridgehead atoms. The fourth-order valence-electron chi connectivity index (χ4n) is 3.96. The number of hydrogen-bond acceptors (Lipinski definition) is 2. The minimum absolute atomic E-state index is 0.169. The van der Waals surface area contributed by atoms with Gasteiger partial charge in [-0.1, -0.05) is 45.4 Å². The highest BCUT2D eigenvalue weighted by Crippen LogP contribution is 2.27. The van der Waals surface area contributed by atoms with Crippen molar-refractivity contribution in [2.75, 3.05) is 26.2 Å². The van der Waals surface area contributed by atoms with Gasteiger partial charge >= 0.3 is 6.03 Å². The van der Waals surface area contributed by atoms with Crippen LogP contribution < -0.4 is 10.6 Å². The maximum Gasteiger partial charge on any atom is 0.317 e. The molecule has 1 saturated heterocycles. The van der Waals surface area contributed by atoms with Gasteiger partial charge in [0.2, 0.25) is 0 Å². The molecule has 1 aliphatic heterocycles. The minimum Gasteiger partial charge on any atom is -0.334 e. The van der Waals surface area contributed by atoms with Crippen molar-refractivity contribution < 1.29 is 4.79 Å². The van der Waals surface area contributed by atoms with Gasteiger partial charge in [-0.3, -0.25) is 0 Å². The molecule has 0 spiro atoms. The van der Waals surface area contributed by atoms with Crippen LogP contribution in [0.25, 0.3) is 0 Å². The van der Waals surface area contributed by atoms with Crippen LogP contribution in [0.5, 0.6) is 0 Å². The molecule has 4 nitrogen and oxygen atoms in total. The Morgan fingerprint density at radius 1 is 1.09 bits per heavy atom. The largest absolute Gasteiger partial charge is 0.334 e. The number of nitrogens with zero attached hydrogens (tertiary/aromatic N) is 1. The Morgan fingerprint density at radius 3 is 2.48 bits per heavy atom. The van der Waals surface area contributed by atoms with Crippen molar-refractivity contribution >= 4 is 6.03 Å². The number of hydrogen-bond donors (Lipinski definition) is 2. The maximum atomic E-state index is 12.5. The van der Waals surface area contributed by atoms with E-state index < -0.39 is 0 Å². The number of unbranched alkanes of at least 4 members (excludes halogenated alkanes) is 1. The van der Waals surface area contributed by atoms with E-state index >= 15 is 0 Å². The second kappa shape index (κ2) is 10.9. The van der Waals surface area contributed by atoms with Crippen LogP contribution in [0.1, 0.15) is 77.6 Å². The summed E-state index contributed by atoms with van der Waals surface area (Å²) in [5.74, 6) is 0.809. The molecule has 4 heteroatoms. The van der Waals surface area contributed by atoms with Gasteiger partial charge in [0.25, 0.3) is 0 Å². The number of amides is 2. The standard InChI is InChI=1S/C19H37N3O/c1-2-3-12-20-16-18(15-17-10-6-4-7-11-17)21-19(23)22-13-8-5-9-14-22/h17-18,20H,2-16H2,1H3,(H,21,23). The van der Waals surface area contributed by atoms with Crippen molar-refractivity contribution in [1.82, 2.24) is 15.5 Å². The van der Waals surface area contributed by atoms with Crippen molar-refractivity contribution in [3.05, 3.63) is 0 Å². The number of rotatable bonds is 8. The van der Waals surface area contributed by atoms with Gasteiger partial charge in [0.15, 0.2) is 0 Å². The molecule has 2 N–H and O–H groups in total. The highest BCUT2D eigenvalue weighted by atomic mass is 16.2. The summed E-state index contributed by atoms with van der Waals surface area (Å²) in [7, 11) is 0. The van der Waals surface area contributed by atoms with Crippen LogP contribution in [-0.4, -0.2) is 43.2 Å². The Kier molecular flexibility index (Phi) is 8.80. The summed E-state index contributed by atoms with van der Waals surface area (Å²) < 4.78 is 0. The van der Waals surface area contributed by atoms with E-state index in [9.17, 15) is 4.79 Å². The molecule has 2 aliphatic rings. The summed E-state index contributed by atoms with van der Waals surface area (Å²) in [6, 6.07) is 0.465. The van der Waals surface area contributed by atoms with E-state index in [1.54, 1.807) is 0 Å². The lowest BCUT2D eigenvalue weighted by molar-refractivity contribution is 0.178. The summed E-state index contributed by atoms with van der Waals surface area (Å²) in [6.07, 6.45) is 14.0. The third kappa shape index (κ3) is 7.11. The van der Waals surface area contributed by atoms with Crippen molar-refractivity contribution in [3.8, 4) is 0 Å². The number of carbonyl (C=O) groups excluding carboxylic acids is 1. The molecule has 2 fully saturated rings. The molecule has 23 heavy (non-hydrogen) atoms. The Balaban J connectivity index is 1.79. The van der Waals surface area contributed by atoms with E-state index in [1.165, 1.54) is 51.4 Å². The van der Waals surface area contributed by atoms with E-state index in [0.29, 0.717) is 6.04 Å². The number of carbonyl (C=O) groups is 1. The first-order chi connectivity index (χ1) is 11.3. The van der Waals surface area contributed by atoms with E-state index in [1.807, 2.05) is 4.90 Å². The van der Waals surface area contributed by atoms with Gasteiger partial charge in [0, 0.05) is 25.7 Å². The van der Waals surface area contributed by atoms with Crippen LogP contribution in [0.4, 0.5) is 4.79 Å². The topological polar surface area (TPSA) is 44.4 Å². The molecule has 0 aromatic rings. The van der Waals surface area contributed by atoms with E-state index in [4.69, 9.17) is 0 Å². The molecule has 1 saturated carbocycles. The molecule has 0 aromatic carbocycles. The zero-order valence-electron chi connectivity index (χ0n) is 15.1. The highest BCUT2D eigenvalue weighted by Gasteiger charge is 2.23. The highest BCUT2D eigenvalue weighted by molar-refractivity contribution is 5.74. The van der Waals surface area contributed by atoms with Gasteiger partial charge in [0.05, 0.1) is 0 Å². The van der Waals surface area contributed by atoms with Gasteiger partial charge in [-0.05, 0) is 44.6 Å². The Hall–Kier alpha value is -0.770. The molecule has 0 aromatic heterocycles. The van der Waals surface area contributed by atoms with Crippen molar-refractivity contribution in [3.63, 3.8) is 0 Å². The lowest BCUT2D eigenvalue weighted by atomic mass is 9.85. The molecular weight excluding hydrogens is 286 g/mol.